The lowest BCUT2D eigenvalue weighted by molar-refractivity contribution is 0.171. The number of nitrogens with zero attached hydrogens (tertiary/aromatic N) is 4. The van der Waals surface area contributed by atoms with Crippen LogP contribution in [-0.4, -0.2) is 24.5 Å². The highest BCUT2D eigenvalue weighted by molar-refractivity contribution is 7.03. The molecule has 1 atom stereocenters. The van der Waals surface area contributed by atoms with Gasteiger partial charge in [0.1, 0.15) is 11.8 Å². The molecule has 0 radical (unpaired) electrons. The van der Waals surface area contributed by atoms with E-state index >= 15 is 0 Å². The van der Waals surface area contributed by atoms with Crippen molar-refractivity contribution in [3.8, 4) is 0 Å². The molecular weight excluding hydrogens is 260 g/mol. The predicted molar refractivity (Wildman–Crippen MR) is 72.9 cm³/mol. The van der Waals surface area contributed by atoms with Gasteiger partial charge >= 0.3 is 0 Å². The molecule has 1 N–H and O–H groups in total. The second kappa shape index (κ2) is 5.79. The molecular formula is C13H18N4OS. The summed E-state index contributed by atoms with van der Waals surface area (Å²) in [6.45, 7) is 0. The molecule has 19 heavy (non-hydrogen) atoms. The third-order valence-electron chi connectivity index (χ3n) is 3.73. The summed E-state index contributed by atoms with van der Waals surface area (Å²) in [7, 11) is 0. The molecule has 0 saturated heterocycles. The first-order chi connectivity index (χ1) is 9.33. The summed E-state index contributed by atoms with van der Waals surface area (Å²) in [5, 5.41) is 20.3. The van der Waals surface area contributed by atoms with Gasteiger partial charge in [-0.1, -0.05) is 23.8 Å². The molecule has 2 aromatic rings. The number of aliphatic hydroxyl groups is 1. The van der Waals surface area contributed by atoms with E-state index in [0.717, 1.165) is 5.69 Å². The van der Waals surface area contributed by atoms with Crippen molar-refractivity contribution in [1.82, 2.24) is 19.4 Å². The van der Waals surface area contributed by atoms with Crippen molar-refractivity contribution in [3.63, 3.8) is 0 Å². The largest absolute Gasteiger partial charge is 0.386 e. The third kappa shape index (κ3) is 3.01. The fourth-order valence-electron chi connectivity index (χ4n) is 2.65. The first-order valence-corrected chi connectivity index (χ1v) is 7.65. The molecule has 102 valence electrons. The highest BCUT2D eigenvalue weighted by Crippen LogP contribution is 2.27. The van der Waals surface area contributed by atoms with Crippen molar-refractivity contribution in [1.29, 1.82) is 0 Å². The van der Waals surface area contributed by atoms with Gasteiger partial charge in [0.05, 0.1) is 11.7 Å². The Labute approximate surface area is 116 Å². The zero-order valence-corrected chi connectivity index (χ0v) is 11.6. The van der Waals surface area contributed by atoms with E-state index in [-0.39, 0.29) is 0 Å². The minimum Gasteiger partial charge on any atom is -0.386 e. The monoisotopic (exact) mass is 278 g/mol. The maximum atomic E-state index is 10.0. The Kier molecular flexibility index (Phi) is 3.89. The number of hydrogen-bond acceptors (Lipinski definition) is 5. The van der Waals surface area contributed by atoms with Gasteiger partial charge in [-0.15, -0.1) is 5.10 Å². The van der Waals surface area contributed by atoms with E-state index in [1.54, 1.807) is 5.38 Å². The van der Waals surface area contributed by atoms with Crippen LogP contribution >= 0.6 is 11.5 Å². The van der Waals surface area contributed by atoms with Gasteiger partial charge in [0.15, 0.2) is 0 Å². The number of aliphatic hydroxyl groups excluding tert-OH is 1. The quantitative estimate of drug-likeness (QED) is 0.933. The second-order valence-electron chi connectivity index (χ2n) is 5.13. The maximum Gasteiger partial charge on any atom is 0.104 e. The van der Waals surface area contributed by atoms with Gasteiger partial charge in [-0.05, 0) is 30.4 Å². The fraction of sp³-hybridized carbons (Fsp3) is 0.615. The van der Waals surface area contributed by atoms with E-state index < -0.39 is 6.10 Å². The fourth-order valence-corrected chi connectivity index (χ4v) is 3.16. The van der Waals surface area contributed by atoms with E-state index in [4.69, 9.17) is 0 Å². The standard InChI is InChI=1S/C13H18N4OS/c18-13(12-9-19-16-14-12)8-10-6-7-17(15-10)11-4-2-1-3-5-11/h6-7,9,11,13,18H,1-5,8H2. The Morgan fingerprint density at radius 1 is 1.37 bits per heavy atom. The van der Waals surface area contributed by atoms with Gasteiger partial charge in [-0.2, -0.15) is 5.10 Å². The van der Waals surface area contributed by atoms with Crippen molar-refractivity contribution in [2.45, 2.75) is 50.7 Å². The Morgan fingerprint density at radius 2 is 2.21 bits per heavy atom. The van der Waals surface area contributed by atoms with E-state index in [1.165, 1.54) is 43.6 Å². The molecule has 6 heteroatoms. The van der Waals surface area contributed by atoms with Crippen molar-refractivity contribution in [3.05, 3.63) is 29.0 Å². The average Bonchev–Trinajstić information content (AvgIpc) is 3.11. The average molecular weight is 278 g/mol. The van der Waals surface area contributed by atoms with Crippen LogP contribution in [0.1, 0.15) is 55.6 Å². The SMILES string of the molecule is OC(Cc1ccn(C2CCCCC2)n1)c1csnn1. The van der Waals surface area contributed by atoms with Gasteiger partial charge < -0.3 is 5.11 Å². The maximum absolute atomic E-state index is 10.0. The summed E-state index contributed by atoms with van der Waals surface area (Å²) in [5.41, 5.74) is 1.56. The first-order valence-electron chi connectivity index (χ1n) is 6.82. The molecule has 3 rings (SSSR count). The highest BCUT2D eigenvalue weighted by Gasteiger charge is 2.18. The molecule has 0 spiro atoms. The topological polar surface area (TPSA) is 63.8 Å². The molecule has 5 nitrogen and oxygen atoms in total. The van der Waals surface area contributed by atoms with Crippen LogP contribution < -0.4 is 0 Å². The normalized spacial score (nSPS) is 18.6. The molecule has 1 saturated carbocycles. The molecule has 1 unspecified atom stereocenters. The van der Waals surface area contributed by atoms with Crippen LogP contribution in [0.15, 0.2) is 17.6 Å². The Balaban J connectivity index is 1.64. The summed E-state index contributed by atoms with van der Waals surface area (Å²) < 4.78 is 5.84. The van der Waals surface area contributed by atoms with Gasteiger partial charge in [0.25, 0.3) is 0 Å². The molecule has 1 fully saturated rings. The van der Waals surface area contributed by atoms with E-state index in [1.807, 2.05) is 12.3 Å². The molecule has 2 heterocycles. The van der Waals surface area contributed by atoms with Gasteiger partial charge in [-0.3, -0.25) is 4.68 Å². The van der Waals surface area contributed by atoms with E-state index in [0.29, 0.717) is 18.2 Å². The van der Waals surface area contributed by atoms with Gasteiger partial charge in [0.2, 0.25) is 0 Å². The van der Waals surface area contributed by atoms with E-state index in [2.05, 4.69) is 19.4 Å². The van der Waals surface area contributed by atoms with Crippen molar-refractivity contribution >= 4 is 11.5 Å². The smallest absolute Gasteiger partial charge is 0.104 e. The molecule has 0 bridgehead atoms. The second-order valence-corrected chi connectivity index (χ2v) is 5.74. The lowest BCUT2D eigenvalue weighted by Gasteiger charge is -2.21. The highest BCUT2D eigenvalue weighted by atomic mass is 32.1. The van der Waals surface area contributed by atoms with Crippen molar-refractivity contribution in [2.24, 2.45) is 0 Å². The van der Waals surface area contributed by atoms with Crippen LogP contribution in [-0.2, 0) is 6.42 Å². The molecule has 0 aliphatic heterocycles. The summed E-state index contributed by atoms with van der Waals surface area (Å²) in [6, 6.07) is 2.54. The summed E-state index contributed by atoms with van der Waals surface area (Å²) in [6.07, 6.45) is 8.33. The third-order valence-corrected chi connectivity index (χ3v) is 4.26. The van der Waals surface area contributed by atoms with Crippen LogP contribution in [0.4, 0.5) is 0 Å². The lowest BCUT2D eigenvalue weighted by atomic mass is 9.96. The minimum atomic E-state index is -0.603. The van der Waals surface area contributed by atoms with Crippen LogP contribution in [0.25, 0.3) is 0 Å². The van der Waals surface area contributed by atoms with E-state index in [9.17, 15) is 5.11 Å². The van der Waals surface area contributed by atoms with Crippen LogP contribution in [0.2, 0.25) is 0 Å². The molecule has 0 aromatic carbocycles. The Hall–Kier alpha value is -1.27. The van der Waals surface area contributed by atoms with Crippen LogP contribution in [0, 0.1) is 0 Å². The number of hydrogen-bond donors (Lipinski definition) is 1. The number of rotatable bonds is 4. The van der Waals surface area contributed by atoms with Gasteiger partial charge in [0, 0.05) is 18.0 Å². The summed E-state index contributed by atoms with van der Waals surface area (Å²) in [5.74, 6) is 0. The van der Waals surface area contributed by atoms with Crippen molar-refractivity contribution in [2.75, 3.05) is 0 Å². The molecule has 2 aromatic heterocycles. The minimum absolute atomic E-state index is 0.505. The summed E-state index contributed by atoms with van der Waals surface area (Å²) in [4.78, 5) is 0. The lowest BCUT2D eigenvalue weighted by Crippen LogP contribution is -2.13. The molecule has 1 aliphatic rings. The van der Waals surface area contributed by atoms with Gasteiger partial charge in [-0.25, -0.2) is 0 Å². The predicted octanol–water partition coefficient (Wildman–Crippen LogP) is 2.52. The number of aromatic nitrogens is 4. The van der Waals surface area contributed by atoms with Crippen LogP contribution in [0.5, 0.6) is 0 Å². The molecule has 1 aliphatic carbocycles. The van der Waals surface area contributed by atoms with Crippen LogP contribution in [0.3, 0.4) is 0 Å². The van der Waals surface area contributed by atoms with Crippen molar-refractivity contribution < 1.29 is 5.11 Å². The first kappa shape index (κ1) is 12.7. The Bertz CT molecular complexity index is 504. The molecule has 0 amide bonds. The summed E-state index contributed by atoms with van der Waals surface area (Å²) >= 11 is 1.26. The zero-order valence-electron chi connectivity index (χ0n) is 10.8. The Morgan fingerprint density at radius 3 is 2.95 bits per heavy atom. The zero-order chi connectivity index (χ0) is 13.1.